The van der Waals surface area contributed by atoms with Crippen LogP contribution in [-0.4, -0.2) is 18.6 Å². The third-order valence-corrected chi connectivity index (χ3v) is 4.26. The summed E-state index contributed by atoms with van der Waals surface area (Å²) in [6.07, 6.45) is 7.37. The smallest absolute Gasteiger partial charge is 0.331 e. The van der Waals surface area contributed by atoms with Crippen molar-refractivity contribution in [3.63, 3.8) is 0 Å². The number of ether oxygens (including phenoxy) is 1. The first-order valence-electron chi connectivity index (χ1n) is 7.28. The number of benzene rings is 1. The van der Waals surface area contributed by atoms with Gasteiger partial charge in [0.2, 0.25) is 0 Å². The Kier molecular flexibility index (Phi) is 5.30. The van der Waals surface area contributed by atoms with E-state index < -0.39 is 5.54 Å². The maximum atomic E-state index is 12.3. The Morgan fingerprint density at radius 1 is 1.10 bits per heavy atom. The molecule has 0 aliphatic heterocycles. The normalized spacial score (nSPS) is 18.7. The van der Waals surface area contributed by atoms with Crippen LogP contribution in [-0.2, 0) is 9.53 Å². The van der Waals surface area contributed by atoms with Crippen molar-refractivity contribution in [1.82, 2.24) is 0 Å². The number of halogens is 1. The Labute approximate surface area is 125 Å². The van der Waals surface area contributed by atoms with Crippen LogP contribution < -0.4 is 5.32 Å². The van der Waals surface area contributed by atoms with Gasteiger partial charge in [-0.25, -0.2) is 4.79 Å². The quantitative estimate of drug-likeness (QED) is 0.840. The van der Waals surface area contributed by atoms with Gasteiger partial charge in [0.25, 0.3) is 0 Å². The van der Waals surface area contributed by atoms with E-state index in [9.17, 15) is 4.79 Å². The fourth-order valence-corrected chi connectivity index (χ4v) is 3.02. The zero-order valence-electron chi connectivity index (χ0n) is 12.0. The van der Waals surface area contributed by atoms with E-state index >= 15 is 0 Å². The van der Waals surface area contributed by atoms with Crippen LogP contribution in [0.1, 0.15) is 44.9 Å². The first-order valence-corrected chi connectivity index (χ1v) is 7.66. The molecule has 1 aliphatic carbocycles. The summed E-state index contributed by atoms with van der Waals surface area (Å²) in [5, 5.41) is 4.10. The summed E-state index contributed by atoms with van der Waals surface area (Å²) in [5.74, 6) is -0.158. The zero-order chi connectivity index (χ0) is 14.4. The molecule has 1 aromatic rings. The van der Waals surface area contributed by atoms with E-state index in [4.69, 9.17) is 16.3 Å². The van der Waals surface area contributed by atoms with Gasteiger partial charge in [-0.3, -0.25) is 0 Å². The number of methoxy groups -OCH3 is 1. The Morgan fingerprint density at radius 2 is 1.65 bits per heavy atom. The molecule has 1 saturated carbocycles. The van der Waals surface area contributed by atoms with E-state index in [-0.39, 0.29) is 5.97 Å². The van der Waals surface area contributed by atoms with Crippen LogP contribution in [0.15, 0.2) is 24.3 Å². The molecule has 1 aromatic carbocycles. The highest BCUT2D eigenvalue weighted by atomic mass is 35.5. The molecule has 0 saturated heterocycles. The van der Waals surface area contributed by atoms with Crippen molar-refractivity contribution in [3.05, 3.63) is 29.3 Å². The van der Waals surface area contributed by atoms with Crippen LogP contribution in [0.5, 0.6) is 0 Å². The molecule has 20 heavy (non-hydrogen) atoms. The number of nitrogens with one attached hydrogen (secondary N) is 1. The molecule has 0 amide bonds. The fraction of sp³-hybridized carbons (Fsp3) is 0.562. The molecular formula is C16H22ClNO2. The molecule has 0 spiro atoms. The number of carbonyl (C=O) groups is 1. The van der Waals surface area contributed by atoms with Crippen LogP contribution >= 0.6 is 11.6 Å². The second-order valence-corrected chi connectivity index (χ2v) is 5.91. The predicted molar refractivity (Wildman–Crippen MR) is 82.1 cm³/mol. The van der Waals surface area contributed by atoms with E-state index in [1.54, 1.807) is 0 Å². The van der Waals surface area contributed by atoms with Gasteiger partial charge < -0.3 is 10.1 Å². The molecule has 0 bridgehead atoms. The molecule has 2 rings (SSSR count). The number of carbonyl (C=O) groups excluding carboxylic acids is 1. The molecule has 0 radical (unpaired) electrons. The van der Waals surface area contributed by atoms with E-state index in [2.05, 4.69) is 5.32 Å². The van der Waals surface area contributed by atoms with Gasteiger partial charge in [-0.1, -0.05) is 43.7 Å². The van der Waals surface area contributed by atoms with Gasteiger partial charge in [-0.15, -0.1) is 0 Å². The number of esters is 1. The number of hydrogen-bond acceptors (Lipinski definition) is 3. The SMILES string of the molecule is COC(=O)C1(Nc2ccc(Cl)cc2)CCCCCCC1. The lowest BCUT2D eigenvalue weighted by Gasteiger charge is -2.34. The lowest BCUT2D eigenvalue weighted by Crippen LogP contribution is -2.47. The first kappa shape index (κ1) is 15.2. The van der Waals surface area contributed by atoms with Gasteiger partial charge in [-0.05, 0) is 37.1 Å². The lowest BCUT2D eigenvalue weighted by atomic mass is 9.83. The molecule has 1 N–H and O–H groups in total. The summed E-state index contributed by atoms with van der Waals surface area (Å²) in [6, 6.07) is 7.48. The molecule has 1 aliphatic rings. The topological polar surface area (TPSA) is 38.3 Å². The van der Waals surface area contributed by atoms with Gasteiger partial charge >= 0.3 is 5.97 Å². The Morgan fingerprint density at radius 3 is 2.20 bits per heavy atom. The highest BCUT2D eigenvalue weighted by Crippen LogP contribution is 2.31. The molecule has 0 atom stereocenters. The summed E-state index contributed by atoms with van der Waals surface area (Å²) in [6.45, 7) is 0. The van der Waals surface area contributed by atoms with Crippen molar-refractivity contribution < 1.29 is 9.53 Å². The third kappa shape index (κ3) is 3.66. The van der Waals surface area contributed by atoms with E-state index in [0.717, 1.165) is 31.4 Å². The minimum absolute atomic E-state index is 0.158. The average molecular weight is 296 g/mol. The van der Waals surface area contributed by atoms with Crippen molar-refractivity contribution in [2.24, 2.45) is 0 Å². The largest absolute Gasteiger partial charge is 0.467 e. The minimum atomic E-state index is -0.594. The van der Waals surface area contributed by atoms with Gasteiger partial charge in [0.1, 0.15) is 5.54 Å². The summed E-state index contributed by atoms with van der Waals surface area (Å²) in [4.78, 5) is 12.3. The predicted octanol–water partition coefficient (Wildman–Crippen LogP) is 4.41. The van der Waals surface area contributed by atoms with Crippen molar-refractivity contribution in [1.29, 1.82) is 0 Å². The van der Waals surface area contributed by atoms with E-state index in [1.807, 2.05) is 24.3 Å². The summed E-state index contributed by atoms with van der Waals surface area (Å²) in [5.41, 5.74) is 0.323. The summed E-state index contributed by atoms with van der Waals surface area (Å²) in [7, 11) is 1.46. The van der Waals surface area contributed by atoms with Crippen LogP contribution in [0.2, 0.25) is 5.02 Å². The summed E-state index contributed by atoms with van der Waals surface area (Å²) >= 11 is 5.91. The van der Waals surface area contributed by atoms with Gasteiger partial charge in [0, 0.05) is 10.7 Å². The summed E-state index contributed by atoms with van der Waals surface area (Å²) < 4.78 is 5.06. The second-order valence-electron chi connectivity index (χ2n) is 5.47. The van der Waals surface area contributed by atoms with Gasteiger partial charge in [0.05, 0.1) is 7.11 Å². The maximum Gasteiger partial charge on any atom is 0.331 e. The molecule has 1 fully saturated rings. The molecule has 110 valence electrons. The van der Waals surface area contributed by atoms with Crippen LogP contribution in [0.4, 0.5) is 5.69 Å². The number of hydrogen-bond donors (Lipinski definition) is 1. The fourth-order valence-electron chi connectivity index (χ4n) is 2.89. The van der Waals surface area contributed by atoms with Crippen LogP contribution in [0, 0.1) is 0 Å². The van der Waals surface area contributed by atoms with Gasteiger partial charge in [0.15, 0.2) is 0 Å². The first-order chi connectivity index (χ1) is 9.66. The molecule has 4 heteroatoms. The number of anilines is 1. The maximum absolute atomic E-state index is 12.3. The van der Waals surface area contributed by atoms with Crippen LogP contribution in [0.3, 0.4) is 0 Å². The molecule has 0 unspecified atom stereocenters. The van der Waals surface area contributed by atoms with Crippen molar-refractivity contribution in [2.45, 2.75) is 50.5 Å². The van der Waals surface area contributed by atoms with Crippen molar-refractivity contribution in [3.8, 4) is 0 Å². The Hall–Kier alpha value is -1.22. The van der Waals surface area contributed by atoms with Crippen LogP contribution in [0.25, 0.3) is 0 Å². The second kappa shape index (κ2) is 6.98. The highest BCUT2D eigenvalue weighted by molar-refractivity contribution is 6.30. The molecule has 3 nitrogen and oxygen atoms in total. The average Bonchev–Trinajstić information content (AvgIpc) is 2.43. The van der Waals surface area contributed by atoms with Crippen molar-refractivity contribution >= 4 is 23.3 Å². The number of rotatable bonds is 3. The monoisotopic (exact) mass is 295 g/mol. The lowest BCUT2D eigenvalue weighted by molar-refractivity contribution is -0.146. The third-order valence-electron chi connectivity index (χ3n) is 4.01. The van der Waals surface area contributed by atoms with E-state index in [0.29, 0.717) is 5.02 Å². The zero-order valence-corrected chi connectivity index (χ0v) is 12.7. The minimum Gasteiger partial charge on any atom is -0.467 e. The Bertz CT molecular complexity index is 436. The standard InChI is InChI=1S/C16H22ClNO2/c1-20-15(19)16(11-5-3-2-4-6-12-16)18-14-9-7-13(17)8-10-14/h7-10,18H,2-6,11-12H2,1H3. The van der Waals surface area contributed by atoms with Gasteiger partial charge in [-0.2, -0.15) is 0 Å². The Balaban J connectivity index is 2.20. The van der Waals surface area contributed by atoms with E-state index in [1.165, 1.54) is 26.4 Å². The molecular weight excluding hydrogens is 274 g/mol. The highest BCUT2D eigenvalue weighted by Gasteiger charge is 2.39. The molecule has 0 heterocycles. The van der Waals surface area contributed by atoms with Crippen molar-refractivity contribution in [2.75, 3.05) is 12.4 Å². The molecule has 0 aromatic heterocycles.